The maximum atomic E-state index is 13.2. The topological polar surface area (TPSA) is 89.3 Å². The van der Waals surface area contributed by atoms with Crippen LogP contribution < -0.4 is 10.1 Å². The van der Waals surface area contributed by atoms with E-state index in [9.17, 15) is 9.59 Å². The van der Waals surface area contributed by atoms with Gasteiger partial charge < -0.3 is 19.5 Å². The lowest BCUT2D eigenvalue weighted by molar-refractivity contribution is -0.113. The van der Waals surface area contributed by atoms with Crippen LogP contribution in [0.2, 0.25) is 0 Å². The van der Waals surface area contributed by atoms with Crippen molar-refractivity contribution >= 4 is 29.3 Å². The second-order valence-corrected chi connectivity index (χ2v) is 9.24. The van der Waals surface area contributed by atoms with Gasteiger partial charge in [0.1, 0.15) is 5.75 Å². The van der Waals surface area contributed by atoms with Crippen LogP contribution in [-0.4, -0.2) is 50.9 Å². The number of allylic oxidation sites excluding steroid dienone is 1. The maximum absolute atomic E-state index is 13.2. The fourth-order valence-electron chi connectivity index (χ4n) is 4.16. The zero-order chi connectivity index (χ0) is 24.8. The van der Waals surface area contributed by atoms with E-state index in [1.54, 1.807) is 25.3 Å². The number of ether oxygens (including phenoxy) is 1. The van der Waals surface area contributed by atoms with E-state index in [1.807, 2.05) is 52.8 Å². The van der Waals surface area contributed by atoms with Gasteiger partial charge in [0.05, 0.1) is 24.6 Å². The first-order valence-electron chi connectivity index (χ1n) is 11.5. The van der Waals surface area contributed by atoms with E-state index in [2.05, 4.69) is 22.1 Å². The van der Waals surface area contributed by atoms with Gasteiger partial charge >= 0.3 is 0 Å². The minimum atomic E-state index is -0.175. The highest BCUT2D eigenvalue weighted by atomic mass is 32.2. The number of nitrogens with one attached hydrogen (secondary N) is 1. The van der Waals surface area contributed by atoms with Gasteiger partial charge in [0, 0.05) is 18.7 Å². The third kappa shape index (κ3) is 5.57. The number of amides is 2. The van der Waals surface area contributed by atoms with Gasteiger partial charge in [0.25, 0.3) is 5.91 Å². The summed E-state index contributed by atoms with van der Waals surface area (Å²) in [5.74, 6) is 1.29. The van der Waals surface area contributed by atoms with E-state index in [0.29, 0.717) is 35.2 Å². The van der Waals surface area contributed by atoms with Crippen molar-refractivity contribution in [2.75, 3.05) is 24.7 Å². The zero-order valence-electron chi connectivity index (χ0n) is 19.9. The molecule has 1 N–H and O–H groups in total. The number of anilines is 1. The first-order valence-corrected chi connectivity index (χ1v) is 12.5. The number of carbonyl (C=O) groups is 2. The first-order chi connectivity index (χ1) is 17.0. The average molecular weight is 492 g/mol. The van der Waals surface area contributed by atoms with Gasteiger partial charge in [0.15, 0.2) is 11.0 Å². The van der Waals surface area contributed by atoms with Crippen molar-refractivity contribution in [3.63, 3.8) is 0 Å². The molecule has 0 radical (unpaired) electrons. The van der Waals surface area contributed by atoms with Crippen molar-refractivity contribution in [1.29, 1.82) is 0 Å². The Bertz CT molecular complexity index is 1210. The van der Waals surface area contributed by atoms with Crippen LogP contribution in [0.5, 0.6) is 5.75 Å². The molecule has 35 heavy (non-hydrogen) atoms. The number of hydrogen-bond donors (Lipinski definition) is 1. The Kier molecular flexibility index (Phi) is 7.87. The normalized spacial score (nSPS) is 15.1. The summed E-state index contributed by atoms with van der Waals surface area (Å²) in [6, 6.07) is 14.7. The summed E-state index contributed by atoms with van der Waals surface area (Å²) >= 11 is 1.30. The molecule has 1 aromatic heterocycles. The highest BCUT2D eigenvalue weighted by molar-refractivity contribution is 7.99. The summed E-state index contributed by atoms with van der Waals surface area (Å²) in [5.41, 5.74) is 2.40. The lowest BCUT2D eigenvalue weighted by Gasteiger charge is -2.24. The van der Waals surface area contributed by atoms with E-state index < -0.39 is 0 Å². The molecular weight excluding hydrogens is 462 g/mol. The number of thioether (sulfide) groups is 1. The van der Waals surface area contributed by atoms with E-state index >= 15 is 0 Å². The van der Waals surface area contributed by atoms with Crippen molar-refractivity contribution in [2.24, 2.45) is 0 Å². The fraction of sp³-hybridized carbons (Fsp3) is 0.308. The summed E-state index contributed by atoms with van der Waals surface area (Å²) < 4.78 is 7.24. The van der Waals surface area contributed by atoms with Crippen molar-refractivity contribution < 1.29 is 14.3 Å². The number of rotatable bonds is 9. The highest BCUT2D eigenvalue weighted by Gasteiger charge is 2.34. The molecule has 2 aromatic carbocycles. The summed E-state index contributed by atoms with van der Waals surface area (Å²) in [6.07, 6.45) is 3.48. The second-order valence-electron chi connectivity index (χ2n) is 8.30. The summed E-state index contributed by atoms with van der Waals surface area (Å²) in [5, 5.41) is 12.3. The van der Waals surface area contributed by atoms with E-state index in [1.165, 1.54) is 11.8 Å². The molecule has 0 bridgehead atoms. The molecule has 1 saturated heterocycles. The van der Waals surface area contributed by atoms with Gasteiger partial charge in [-0.15, -0.1) is 16.8 Å². The summed E-state index contributed by atoms with van der Waals surface area (Å²) in [4.78, 5) is 27.7. The fourth-order valence-corrected chi connectivity index (χ4v) is 4.91. The van der Waals surface area contributed by atoms with Crippen LogP contribution in [0.1, 0.15) is 40.6 Å². The summed E-state index contributed by atoms with van der Waals surface area (Å²) in [7, 11) is 1.56. The lowest BCUT2D eigenvalue weighted by atomic mass is 10.1. The third-order valence-electron chi connectivity index (χ3n) is 5.88. The molecule has 1 aliphatic heterocycles. The SMILES string of the molecule is C=CCn1c(SCC(=O)Nc2ccccc2OC)nnc1C1CCCN1C(=O)c1ccc(C)cc1. The predicted octanol–water partition coefficient (Wildman–Crippen LogP) is 4.49. The Morgan fingerprint density at radius 1 is 1.20 bits per heavy atom. The van der Waals surface area contributed by atoms with E-state index in [0.717, 1.165) is 24.2 Å². The molecule has 3 aromatic rings. The molecule has 2 amide bonds. The minimum Gasteiger partial charge on any atom is -0.495 e. The predicted molar refractivity (Wildman–Crippen MR) is 137 cm³/mol. The number of methoxy groups -OCH3 is 1. The second kappa shape index (κ2) is 11.2. The van der Waals surface area contributed by atoms with Crippen LogP contribution in [0, 0.1) is 6.92 Å². The number of para-hydroxylation sites is 2. The molecule has 0 saturated carbocycles. The Labute approximate surface area is 209 Å². The molecule has 1 atom stereocenters. The minimum absolute atomic E-state index is 0.00829. The molecule has 2 heterocycles. The van der Waals surface area contributed by atoms with Gasteiger partial charge in [0.2, 0.25) is 5.91 Å². The highest BCUT2D eigenvalue weighted by Crippen LogP contribution is 2.34. The van der Waals surface area contributed by atoms with E-state index in [4.69, 9.17) is 4.74 Å². The largest absolute Gasteiger partial charge is 0.495 e. The van der Waals surface area contributed by atoms with Gasteiger partial charge in [-0.1, -0.05) is 47.7 Å². The molecule has 1 unspecified atom stereocenters. The number of hydrogen-bond acceptors (Lipinski definition) is 6. The standard InChI is InChI=1S/C26H29N5O3S/c1-4-15-31-24(21-9-7-16-30(21)25(33)19-13-11-18(2)12-14-19)28-29-26(31)35-17-23(32)27-20-8-5-6-10-22(20)34-3/h4-6,8,10-14,21H,1,7,9,15-17H2,2-3H3,(H,27,32). The summed E-state index contributed by atoms with van der Waals surface area (Å²) in [6.45, 7) is 7.02. The molecule has 0 aliphatic carbocycles. The smallest absolute Gasteiger partial charge is 0.254 e. The number of carbonyl (C=O) groups excluding carboxylic acids is 2. The van der Waals surface area contributed by atoms with Crippen molar-refractivity contribution in [2.45, 2.75) is 37.5 Å². The lowest BCUT2D eigenvalue weighted by Crippen LogP contribution is -2.32. The van der Waals surface area contributed by atoms with Crippen LogP contribution in [0.25, 0.3) is 0 Å². The molecule has 0 spiro atoms. The molecule has 182 valence electrons. The third-order valence-corrected chi connectivity index (χ3v) is 6.85. The molecule has 8 nitrogen and oxygen atoms in total. The Hall–Kier alpha value is -3.59. The van der Waals surface area contributed by atoms with Crippen LogP contribution in [0.4, 0.5) is 5.69 Å². The van der Waals surface area contributed by atoms with Crippen LogP contribution in [0.3, 0.4) is 0 Å². The molecule has 1 aliphatic rings. The number of benzene rings is 2. The van der Waals surface area contributed by atoms with Crippen molar-refractivity contribution in [3.05, 3.63) is 78.1 Å². The maximum Gasteiger partial charge on any atom is 0.254 e. The average Bonchev–Trinajstić information content (AvgIpc) is 3.50. The number of aromatic nitrogens is 3. The Balaban J connectivity index is 1.49. The molecule has 1 fully saturated rings. The Morgan fingerprint density at radius 2 is 1.97 bits per heavy atom. The van der Waals surface area contributed by atoms with Gasteiger partial charge in [-0.25, -0.2) is 0 Å². The first kappa shape index (κ1) is 24.5. The van der Waals surface area contributed by atoms with Crippen LogP contribution >= 0.6 is 11.8 Å². The molecular formula is C26H29N5O3S. The monoisotopic (exact) mass is 491 g/mol. The van der Waals surface area contributed by atoms with Gasteiger partial charge in [-0.2, -0.15) is 0 Å². The van der Waals surface area contributed by atoms with Crippen LogP contribution in [0.15, 0.2) is 66.3 Å². The quantitative estimate of drug-likeness (QED) is 0.350. The van der Waals surface area contributed by atoms with Crippen molar-refractivity contribution in [1.82, 2.24) is 19.7 Å². The van der Waals surface area contributed by atoms with Gasteiger partial charge in [-0.3, -0.25) is 9.59 Å². The van der Waals surface area contributed by atoms with E-state index in [-0.39, 0.29) is 23.6 Å². The molecule has 4 rings (SSSR count). The number of nitrogens with zero attached hydrogens (tertiary/aromatic N) is 4. The van der Waals surface area contributed by atoms with Gasteiger partial charge in [-0.05, 0) is 44.0 Å². The Morgan fingerprint density at radius 3 is 2.71 bits per heavy atom. The zero-order valence-corrected chi connectivity index (χ0v) is 20.8. The van der Waals surface area contributed by atoms with Crippen LogP contribution in [-0.2, 0) is 11.3 Å². The number of aryl methyl sites for hydroxylation is 1. The number of likely N-dealkylation sites (tertiary alicyclic amines) is 1. The van der Waals surface area contributed by atoms with Crippen molar-refractivity contribution in [3.8, 4) is 5.75 Å². The molecule has 9 heteroatoms.